The van der Waals surface area contributed by atoms with Gasteiger partial charge in [0, 0.05) is 24.9 Å². The predicted octanol–water partition coefficient (Wildman–Crippen LogP) is 1.29. The van der Waals surface area contributed by atoms with Gasteiger partial charge in [-0.25, -0.2) is 0 Å². The third-order valence-electron chi connectivity index (χ3n) is 5.08. The molecule has 0 unspecified atom stereocenters. The molecule has 2 amide bonds. The van der Waals surface area contributed by atoms with E-state index >= 15 is 0 Å². The van der Waals surface area contributed by atoms with Gasteiger partial charge in [-0.05, 0) is 31.2 Å². The third-order valence-corrected chi connectivity index (χ3v) is 5.08. The van der Waals surface area contributed by atoms with Gasteiger partial charge in [-0.2, -0.15) is 5.10 Å². The topological polar surface area (TPSA) is 76.0 Å². The Morgan fingerprint density at radius 2 is 2.12 bits per heavy atom. The number of benzene rings is 1. The number of hydrogen-bond donors (Lipinski definition) is 2. The molecule has 2 fully saturated rings. The zero-order chi connectivity index (χ0) is 16.7. The molecular weight excluding hydrogens is 304 g/mol. The van der Waals surface area contributed by atoms with Gasteiger partial charge in [0.15, 0.2) is 0 Å². The zero-order valence-electron chi connectivity index (χ0n) is 13.8. The standard InChI is InChI=1S/C18H22N4O2/c1-22-15-5-3-2-4-12(15)14(21-22)10-17(24)19-13-8-9-16(23)20-18(13)11-6-7-11/h2-5,11,13,18H,6-10H2,1H3,(H,19,24)(H,20,23)/t13-,18+/m1/s1. The molecule has 2 aliphatic rings. The number of nitrogens with zero attached hydrogens (tertiary/aromatic N) is 2. The van der Waals surface area contributed by atoms with Gasteiger partial charge in [-0.15, -0.1) is 0 Å². The number of nitrogens with one attached hydrogen (secondary N) is 2. The van der Waals surface area contributed by atoms with Gasteiger partial charge in [0.2, 0.25) is 11.8 Å². The molecule has 0 radical (unpaired) electrons. The van der Waals surface area contributed by atoms with Crippen LogP contribution in [0, 0.1) is 5.92 Å². The van der Waals surface area contributed by atoms with Crippen molar-refractivity contribution in [1.82, 2.24) is 20.4 Å². The molecule has 1 aromatic carbocycles. The number of amides is 2. The molecule has 6 heteroatoms. The fourth-order valence-corrected chi connectivity index (χ4v) is 3.72. The molecule has 0 bridgehead atoms. The first-order valence-corrected chi connectivity index (χ1v) is 8.61. The lowest BCUT2D eigenvalue weighted by Gasteiger charge is -2.33. The summed E-state index contributed by atoms with van der Waals surface area (Å²) in [5, 5.41) is 11.7. The average molecular weight is 326 g/mol. The third kappa shape index (κ3) is 2.88. The van der Waals surface area contributed by atoms with E-state index < -0.39 is 0 Å². The van der Waals surface area contributed by atoms with Crippen molar-refractivity contribution in [3.63, 3.8) is 0 Å². The van der Waals surface area contributed by atoms with E-state index in [-0.39, 0.29) is 30.3 Å². The Morgan fingerprint density at radius 3 is 2.92 bits per heavy atom. The highest BCUT2D eigenvalue weighted by atomic mass is 16.2. The summed E-state index contributed by atoms with van der Waals surface area (Å²) < 4.78 is 1.81. The smallest absolute Gasteiger partial charge is 0.226 e. The first-order valence-electron chi connectivity index (χ1n) is 8.61. The summed E-state index contributed by atoms with van der Waals surface area (Å²) in [5.74, 6) is 0.606. The van der Waals surface area contributed by atoms with E-state index in [0.717, 1.165) is 35.9 Å². The van der Waals surface area contributed by atoms with Crippen LogP contribution in [0.25, 0.3) is 10.9 Å². The molecule has 1 saturated carbocycles. The summed E-state index contributed by atoms with van der Waals surface area (Å²) in [6.07, 6.45) is 3.76. The SMILES string of the molecule is Cn1nc(CC(=O)N[C@@H]2CCC(=O)N[C@H]2C2CC2)c2ccccc21. The van der Waals surface area contributed by atoms with Crippen LogP contribution in [0.3, 0.4) is 0 Å². The molecule has 6 nitrogen and oxygen atoms in total. The van der Waals surface area contributed by atoms with Gasteiger partial charge in [-0.1, -0.05) is 18.2 Å². The molecule has 2 heterocycles. The van der Waals surface area contributed by atoms with Gasteiger partial charge in [0.25, 0.3) is 0 Å². The van der Waals surface area contributed by atoms with E-state index in [4.69, 9.17) is 0 Å². The maximum absolute atomic E-state index is 12.5. The highest BCUT2D eigenvalue weighted by Gasteiger charge is 2.40. The van der Waals surface area contributed by atoms with Gasteiger partial charge in [0.1, 0.15) is 0 Å². The highest BCUT2D eigenvalue weighted by Crippen LogP contribution is 2.36. The highest BCUT2D eigenvalue weighted by molar-refractivity contribution is 5.88. The number of para-hydroxylation sites is 1. The number of rotatable bonds is 4. The molecule has 2 N–H and O–H groups in total. The largest absolute Gasteiger partial charge is 0.351 e. The van der Waals surface area contributed by atoms with Crippen LogP contribution in [-0.4, -0.2) is 33.7 Å². The maximum atomic E-state index is 12.5. The van der Waals surface area contributed by atoms with Crippen LogP contribution >= 0.6 is 0 Å². The lowest BCUT2D eigenvalue weighted by Crippen LogP contribution is -2.56. The van der Waals surface area contributed by atoms with Crippen molar-refractivity contribution in [1.29, 1.82) is 0 Å². The van der Waals surface area contributed by atoms with Gasteiger partial charge < -0.3 is 10.6 Å². The van der Waals surface area contributed by atoms with Gasteiger partial charge >= 0.3 is 0 Å². The van der Waals surface area contributed by atoms with Crippen molar-refractivity contribution in [3.8, 4) is 0 Å². The van der Waals surface area contributed by atoms with Crippen LogP contribution < -0.4 is 10.6 Å². The normalized spacial score (nSPS) is 24.0. The Hall–Kier alpha value is -2.37. The van der Waals surface area contributed by atoms with E-state index in [1.54, 1.807) is 0 Å². The van der Waals surface area contributed by atoms with E-state index in [1.165, 1.54) is 0 Å². The molecule has 1 aliphatic carbocycles. The van der Waals surface area contributed by atoms with Crippen molar-refractivity contribution in [2.24, 2.45) is 13.0 Å². The zero-order valence-corrected chi connectivity index (χ0v) is 13.8. The number of carbonyl (C=O) groups is 2. The minimum absolute atomic E-state index is 0.0225. The van der Waals surface area contributed by atoms with Crippen molar-refractivity contribution in [2.75, 3.05) is 0 Å². The van der Waals surface area contributed by atoms with Crippen molar-refractivity contribution in [2.45, 2.75) is 44.2 Å². The second-order valence-electron chi connectivity index (χ2n) is 6.91. The molecule has 1 aromatic heterocycles. The monoisotopic (exact) mass is 326 g/mol. The summed E-state index contributed by atoms with van der Waals surface area (Å²) in [7, 11) is 1.89. The predicted molar refractivity (Wildman–Crippen MR) is 90.2 cm³/mol. The minimum atomic E-state index is -0.0225. The number of fused-ring (bicyclic) bond motifs is 1. The van der Waals surface area contributed by atoms with Crippen molar-refractivity contribution < 1.29 is 9.59 Å². The van der Waals surface area contributed by atoms with Crippen LogP contribution in [0.15, 0.2) is 24.3 Å². The maximum Gasteiger partial charge on any atom is 0.226 e. The van der Waals surface area contributed by atoms with E-state index in [0.29, 0.717) is 12.3 Å². The fourth-order valence-electron chi connectivity index (χ4n) is 3.72. The second-order valence-corrected chi connectivity index (χ2v) is 6.91. The average Bonchev–Trinajstić information content (AvgIpc) is 3.36. The van der Waals surface area contributed by atoms with Gasteiger partial charge in [-0.3, -0.25) is 14.3 Å². The Bertz CT molecular complexity index is 793. The van der Waals surface area contributed by atoms with Crippen LogP contribution in [0.1, 0.15) is 31.4 Å². The summed E-state index contributed by atoms with van der Waals surface area (Å²) >= 11 is 0. The number of hydrogen-bond acceptors (Lipinski definition) is 3. The Labute approximate surface area is 140 Å². The van der Waals surface area contributed by atoms with Crippen LogP contribution in [0.4, 0.5) is 0 Å². The minimum Gasteiger partial charge on any atom is -0.351 e. The van der Waals surface area contributed by atoms with Crippen molar-refractivity contribution >= 4 is 22.7 Å². The van der Waals surface area contributed by atoms with Crippen LogP contribution in [0.2, 0.25) is 0 Å². The first-order chi connectivity index (χ1) is 11.6. The molecular formula is C18H22N4O2. The first kappa shape index (κ1) is 15.2. The lowest BCUT2D eigenvalue weighted by molar-refractivity contribution is -0.127. The van der Waals surface area contributed by atoms with E-state index in [2.05, 4.69) is 15.7 Å². The molecule has 1 saturated heterocycles. The quantitative estimate of drug-likeness (QED) is 0.889. The summed E-state index contributed by atoms with van der Waals surface area (Å²) in [6, 6.07) is 8.07. The number of piperidine rings is 1. The summed E-state index contributed by atoms with van der Waals surface area (Å²) in [4.78, 5) is 24.2. The Balaban J connectivity index is 1.47. The molecule has 0 spiro atoms. The summed E-state index contributed by atoms with van der Waals surface area (Å²) in [5.41, 5.74) is 1.83. The summed E-state index contributed by atoms with van der Waals surface area (Å²) in [6.45, 7) is 0. The number of aromatic nitrogens is 2. The Kier molecular flexibility index (Phi) is 3.75. The lowest BCUT2D eigenvalue weighted by atomic mass is 9.94. The molecule has 2 aromatic rings. The number of carbonyl (C=O) groups excluding carboxylic acids is 2. The van der Waals surface area contributed by atoms with E-state index in [9.17, 15) is 9.59 Å². The molecule has 126 valence electrons. The Morgan fingerprint density at radius 1 is 1.33 bits per heavy atom. The second kappa shape index (κ2) is 5.92. The molecule has 1 aliphatic heterocycles. The van der Waals surface area contributed by atoms with Crippen LogP contribution in [-0.2, 0) is 23.1 Å². The number of aryl methyl sites for hydroxylation is 1. The molecule has 4 rings (SSSR count). The van der Waals surface area contributed by atoms with Gasteiger partial charge in [0.05, 0.1) is 23.7 Å². The molecule has 24 heavy (non-hydrogen) atoms. The fraction of sp³-hybridized carbons (Fsp3) is 0.500. The van der Waals surface area contributed by atoms with Crippen molar-refractivity contribution in [3.05, 3.63) is 30.0 Å². The molecule has 2 atom stereocenters. The van der Waals surface area contributed by atoms with E-state index in [1.807, 2.05) is 36.0 Å². The van der Waals surface area contributed by atoms with Crippen LogP contribution in [0.5, 0.6) is 0 Å².